The van der Waals surface area contributed by atoms with Crippen LogP contribution in [0, 0.1) is 24.7 Å². The number of amides is 1. The maximum absolute atomic E-state index is 12.0. The molecule has 7 nitrogen and oxygen atoms in total. The first-order valence-electron chi connectivity index (χ1n) is 9.28. The third-order valence-corrected chi connectivity index (χ3v) is 7.26. The predicted molar refractivity (Wildman–Crippen MR) is 101 cm³/mol. The highest BCUT2D eigenvalue weighted by Crippen LogP contribution is 2.49. The van der Waals surface area contributed by atoms with Gasteiger partial charge in [0, 0.05) is 12.1 Å². The van der Waals surface area contributed by atoms with E-state index in [1.54, 1.807) is 19.1 Å². The van der Waals surface area contributed by atoms with Gasteiger partial charge in [0.15, 0.2) is 6.61 Å². The van der Waals surface area contributed by atoms with E-state index in [-0.39, 0.29) is 17.5 Å². The molecule has 2 aliphatic rings. The minimum atomic E-state index is -3.62. The van der Waals surface area contributed by atoms with E-state index in [4.69, 9.17) is 4.74 Å². The summed E-state index contributed by atoms with van der Waals surface area (Å²) in [7, 11) is -2.29. The average Bonchev–Trinajstić information content (AvgIpc) is 3.24. The summed E-state index contributed by atoms with van der Waals surface area (Å²) in [5, 5.41) is 2.57. The van der Waals surface area contributed by atoms with E-state index >= 15 is 0 Å². The van der Waals surface area contributed by atoms with Crippen molar-refractivity contribution in [1.82, 2.24) is 4.72 Å². The van der Waals surface area contributed by atoms with Crippen molar-refractivity contribution in [2.24, 2.45) is 17.8 Å². The normalized spacial score (nSPS) is 24.0. The molecule has 2 fully saturated rings. The lowest BCUT2D eigenvalue weighted by Crippen LogP contribution is -2.24. The maximum Gasteiger partial charge on any atom is 0.306 e. The minimum absolute atomic E-state index is 0.0936. The molecule has 2 bridgehead atoms. The fourth-order valence-corrected chi connectivity index (χ4v) is 5.31. The summed E-state index contributed by atoms with van der Waals surface area (Å²) in [6.45, 7) is 1.30. The molecule has 0 aromatic heterocycles. The number of esters is 1. The monoisotopic (exact) mass is 394 g/mol. The summed E-state index contributed by atoms with van der Waals surface area (Å²) >= 11 is 0. The Morgan fingerprint density at radius 3 is 2.63 bits per heavy atom. The van der Waals surface area contributed by atoms with Gasteiger partial charge < -0.3 is 10.1 Å². The SMILES string of the molecule is CNS(=O)(=O)c1cc(NC(=O)COC(=O)C[C@H]2C[C@@H]3CC[C@@H]2C3)ccc1C. The van der Waals surface area contributed by atoms with Gasteiger partial charge in [0.1, 0.15) is 0 Å². The molecule has 2 aliphatic carbocycles. The summed E-state index contributed by atoms with van der Waals surface area (Å²) in [6, 6.07) is 4.61. The Morgan fingerprint density at radius 2 is 2.00 bits per heavy atom. The molecular weight excluding hydrogens is 368 g/mol. The number of hydrogen-bond donors (Lipinski definition) is 2. The van der Waals surface area contributed by atoms with Gasteiger partial charge in [0.05, 0.1) is 4.90 Å². The molecule has 148 valence electrons. The number of rotatable bonds is 7. The van der Waals surface area contributed by atoms with E-state index in [2.05, 4.69) is 10.0 Å². The number of sulfonamides is 1. The molecule has 0 aliphatic heterocycles. The van der Waals surface area contributed by atoms with E-state index in [0.29, 0.717) is 29.5 Å². The van der Waals surface area contributed by atoms with Crippen molar-refractivity contribution in [3.8, 4) is 0 Å². The molecule has 8 heteroatoms. The van der Waals surface area contributed by atoms with E-state index in [0.717, 1.165) is 12.3 Å². The molecule has 1 aromatic rings. The molecule has 0 unspecified atom stereocenters. The second kappa shape index (κ2) is 7.98. The standard InChI is InChI=1S/C19H26N2O5S/c1-12-3-6-16(10-17(12)27(24,25)20-2)21-18(22)11-26-19(23)9-15-8-13-4-5-14(15)7-13/h3,6,10,13-15,20H,4-5,7-9,11H2,1-2H3,(H,21,22)/t13-,14-,15-/m1/s1. The highest BCUT2D eigenvalue weighted by atomic mass is 32.2. The number of carbonyl (C=O) groups excluding carboxylic acids is 2. The lowest BCUT2D eigenvalue weighted by Gasteiger charge is -2.20. The van der Waals surface area contributed by atoms with Crippen LogP contribution >= 0.6 is 0 Å². The zero-order valence-corrected chi connectivity index (χ0v) is 16.5. The van der Waals surface area contributed by atoms with Crippen LogP contribution in [0.3, 0.4) is 0 Å². The number of carbonyl (C=O) groups is 2. The molecule has 3 rings (SSSR count). The van der Waals surface area contributed by atoms with Gasteiger partial charge in [-0.1, -0.05) is 12.5 Å². The van der Waals surface area contributed by atoms with Crippen LogP contribution in [0.1, 0.15) is 37.7 Å². The number of nitrogens with one attached hydrogen (secondary N) is 2. The van der Waals surface area contributed by atoms with Crippen molar-refractivity contribution in [2.45, 2.75) is 43.9 Å². The smallest absolute Gasteiger partial charge is 0.306 e. The van der Waals surface area contributed by atoms with Crippen molar-refractivity contribution in [1.29, 1.82) is 0 Å². The Hall–Kier alpha value is -1.93. The first-order valence-corrected chi connectivity index (χ1v) is 10.8. The summed E-state index contributed by atoms with van der Waals surface area (Å²) in [6.07, 6.45) is 5.18. The summed E-state index contributed by atoms with van der Waals surface area (Å²) in [5.74, 6) is 0.959. The third kappa shape index (κ3) is 4.68. The largest absolute Gasteiger partial charge is 0.456 e. The number of benzene rings is 1. The van der Waals surface area contributed by atoms with Crippen LogP contribution in [0.4, 0.5) is 5.69 Å². The number of fused-ring (bicyclic) bond motifs is 2. The minimum Gasteiger partial charge on any atom is -0.456 e. The van der Waals surface area contributed by atoms with Crippen molar-refractivity contribution < 1.29 is 22.7 Å². The molecule has 2 saturated carbocycles. The molecule has 3 atom stereocenters. The highest BCUT2D eigenvalue weighted by molar-refractivity contribution is 7.89. The molecule has 0 saturated heterocycles. The molecule has 0 radical (unpaired) electrons. The lowest BCUT2D eigenvalue weighted by atomic mass is 9.86. The van der Waals surface area contributed by atoms with Crippen molar-refractivity contribution in [3.63, 3.8) is 0 Å². The zero-order chi connectivity index (χ0) is 19.6. The Kier molecular flexibility index (Phi) is 5.86. The number of ether oxygens (including phenoxy) is 1. The summed E-state index contributed by atoms with van der Waals surface area (Å²) in [5.41, 5.74) is 0.906. The van der Waals surface area contributed by atoms with Crippen LogP contribution in [0.15, 0.2) is 23.1 Å². The number of aryl methyl sites for hydroxylation is 1. The zero-order valence-electron chi connectivity index (χ0n) is 15.7. The van der Waals surface area contributed by atoms with Crippen LogP contribution in [0.2, 0.25) is 0 Å². The van der Waals surface area contributed by atoms with Crippen molar-refractivity contribution >= 4 is 27.6 Å². The van der Waals surface area contributed by atoms with Crippen LogP contribution in [0.25, 0.3) is 0 Å². The van der Waals surface area contributed by atoms with Gasteiger partial charge in [0.2, 0.25) is 10.0 Å². The number of hydrogen-bond acceptors (Lipinski definition) is 5. The van der Waals surface area contributed by atoms with Crippen molar-refractivity contribution in [3.05, 3.63) is 23.8 Å². The first kappa shape index (κ1) is 19.8. The molecule has 2 N–H and O–H groups in total. The Bertz CT molecular complexity index is 837. The van der Waals surface area contributed by atoms with Crippen LogP contribution < -0.4 is 10.0 Å². The molecule has 27 heavy (non-hydrogen) atoms. The molecule has 0 spiro atoms. The van der Waals surface area contributed by atoms with Gasteiger partial charge in [-0.25, -0.2) is 13.1 Å². The topological polar surface area (TPSA) is 102 Å². The van der Waals surface area contributed by atoms with Gasteiger partial charge in [-0.2, -0.15) is 0 Å². The Labute approximate surface area is 159 Å². The van der Waals surface area contributed by atoms with Crippen molar-refractivity contribution in [2.75, 3.05) is 19.0 Å². The van der Waals surface area contributed by atoms with Crippen LogP contribution in [0.5, 0.6) is 0 Å². The van der Waals surface area contributed by atoms with E-state index in [1.165, 1.54) is 32.4 Å². The fourth-order valence-electron chi connectivity index (χ4n) is 4.32. The van der Waals surface area contributed by atoms with Gasteiger partial charge in [-0.15, -0.1) is 0 Å². The second-order valence-corrected chi connectivity index (χ2v) is 9.39. The first-order chi connectivity index (χ1) is 12.8. The van der Waals surface area contributed by atoms with E-state index in [9.17, 15) is 18.0 Å². The third-order valence-electron chi connectivity index (χ3n) is 5.71. The quantitative estimate of drug-likeness (QED) is 0.691. The summed E-state index contributed by atoms with van der Waals surface area (Å²) < 4.78 is 31.4. The fraction of sp³-hybridized carbons (Fsp3) is 0.579. The molecule has 1 aromatic carbocycles. The van der Waals surface area contributed by atoms with Crippen LogP contribution in [-0.2, 0) is 24.3 Å². The van der Waals surface area contributed by atoms with Gasteiger partial charge in [-0.05, 0) is 68.7 Å². The maximum atomic E-state index is 12.0. The summed E-state index contributed by atoms with van der Waals surface area (Å²) in [4.78, 5) is 24.1. The van der Waals surface area contributed by atoms with Gasteiger partial charge in [-0.3, -0.25) is 9.59 Å². The molecule has 1 amide bonds. The number of anilines is 1. The second-order valence-electron chi connectivity index (χ2n) is 7.54. The average molecular weight is 394 g/mol. The highest BCUT2D eigenvalue weighted by Gasteiger charge is 2.40. The lowest BCUT2D eigenvalue weighted by molar-refractivity contribution is -0.148. The van der Waals surface area contributed by atoms with E-state index in [1.807, 2.05) is 0 Å². The van der Waals surface area contributed by atoms with Gasteiger partial charge in [0.25, 0.3) is 5.91 Å². The van der Waals surface area contributed by atoms with E-state index < -0.39 is 15.9 Å². The molecular formula is C19H26N2O5S. The Balaban J connectivity index is 1.50. The molecule has 0 heterocycles. The van der Waals surface area contributed by atoms with Crippen LogP contribution in [-0.4, -0.2) is 33.9 Å². The predicted octanol–water partition coefficient (Wildman–Crippen LogP) is 2.21. The van der Waals surface area contributed by atoms with Gasteiger partial charge >= 0.3 is 5.97 Å². The Morgan fingerprint density at radius 1 is 1.22 bits per heavy atom.